The van der Waals surface area contributed by atoms with Crippen LogP contribution in [0.25, 0.3) is 93.9 Å². The van der Waals surface area contributed by atoms with Gasteiger partial charge in [-0.05, 0) is 122 Å². The smallest absolute Gasteiger partial charge is 0.0541 e. The highest BCUT2D eigenvalue weighted by atomic mass is 15.1. The van der Waals surface area contributed by atoms with Gasteiger partial charge in [0.05, 0.1) is 16.7 Å². The van der Waals surface area contributed by atoms with Gasteiger partial charge in [-0.15, -0.1) is 0 Å². The van der Waals surface area contributed by atoms with Gasteiger partial charge in [-0.3, -0.25) is 0 Å². The zero-order valence-corrected chi connectivity index (χ0v) is 36.3. The molecule has 0 spiro atoms. The van der Waals surface area contributed by atoms with Gasteiger partial charge in [-0.25, -0.2) is 0 Å². The number of aromatic nitrogens is 1. The van der Waals surface area contributed by atoms with Gasteiger partial charge in [0, 0.05) is 33.4 Å². The van der Waals surface area contributed by atoms with Crippen molar-refractivity contribution in [3.8, 4) is 61.3 Å². The maximum atomic E-state index is 2.44. The summed E-state index contributed by atoms with van der Waals surface area (Å²) in [7, 11) is 0. The highest BCUT2D eigenvalue weighted by Gasteiger charge is 2.21. The summed E-state index contributed by atoms with van der Waals surface area (Å²) >= 11 is 0. The van der Waals surface area contributed by atoms with Crippen LogP contribution >= 0.6 is 0 Å². The zero-order chi connectivity index (χ0) is 43.8. The second kappa shape index (κ2) is 16.8. The number of rotatable bonds is 9. The molecule has 0 atom stereocenters. The fourth-order valence-electron chi connectivity index (χ4n) is 9.75. The molecule has 310 valence electrons. The molecule has 2 nitrogen and oxygen atoms in total. The number of para-hydroxylation sites is 3. The molecule has 0 saturated heterocycles. The topological polar surface area (TPSA) is 8.17 Å². The fraction of sp³-hybridized carbons (Fsp3) is 0. The Morgan fingerprint density at radius 3 is 1.30 bits per heavy atom. The Morgan fingerprint density at radius 2 is 0.682 bits per heavy atom. The fourth-order valence-corrected chi connectivity index (χ4v) is 9.75. The quantitative estimate of drug-likeness (QED) is 0.141. The lowest BCUT2D eigenvalue weighted by atomic mass is 9.91. The lowest BCUT2D eigenvalue weighted by Gasteiger charge is -2.27. The summed E-state index contributed by atoms with van der Waals surface area (Å²) in [5, 5.41) is 4.98. The van der Waals surface area contributed by atoms with Crippen LogP contribution < -0.4 is 4.90 Å². The second-order valence-corrected chi connectivity index (χ2v) is 16.9. The standard InChI is InChI=1S/C64H44N2/c1-3-15-45(16-4-1)48-27-30-51(31-28-48)61-44-56(41-42-57(61)58-21-9-12-24-62(58)66-63-25-13-10-22-59(63)60-23-11-14-26-64(60)66)65(54-37-33-49(34-38-54)46-17-5-2-6-18-46)55-39-35-50(36-40-55)53-32-29-47-19-7-8-20-52(47)43-53/h1-44H. The Hall–Kier alpha value is -8.72. The average Bonchev–Trinajstić information content (AvgIpc) is 3.74. The average molecular weight is 841 g/mol. The maximum Gasteiger partial charge on any atom is 0.0541 e. The number of anilines is 3. The monoisotopic (exact) mass is 840 g/mol. The Morgan fingerprint density at radius 1 is 0.242 bits per heavy atom. The molecule has 12 rings (SSSR count). The van der Waals surface area contributed by atoms with Crippen molar-refractivity contribution in [2.24, 2.45) is 0 Å². The highest BCUT2D eigenvalue weighted by Crippen LogP contribution is 2.44. The normalized spacial score (nSPS) is 11.3. The lowest BCUT2D eigenvalue weighted by Crippen LogP contribution is -2.10. The minimum absolute atomic E-state index is 1.07. The van der Waals surface area contributed by atoms with Gasteiger partial charge in [-0.2, -0.15) is 0 Å². The Kier molecular flexibility index (Phi) is 9.89. The Balaban J connectivity index is 1.04. The maximum absolute atomic E-state index is 2.44. The van der Waals surface area contributed by atoms with Gasteiger partial charge in [0.1, 0.15) is 0 Å². The molecule has 0 fully saturated rings. The van der Waals surface area contributed by atoms with Gasteiger partial charge in [-0.1, -0.05) is 206 Å². The third kappa shape index (κ3) is 7.12. The predicted octanol–water partition coefficient (Wildman–Crippen LogP) is 17.7. The molecule has 1 heterocycles. The van der Waals surface area contributed by atoms with Crippen LogP contribution in [0.3, 0.4) is 0 Å². The molecule has 0 aliphatic carbocycles. The van der Waals surface area contributed by atoms with Crippen molar-refractivity contribution in [3.63, 3.8) is 0 Å². The zero-order valence-electron chi connectivity index (χ0n) is 36.3. The van der Waals surface area contributed by atoms with Gasteiger partial charge in [0.15, 0.2) is 0 Å². The summed E-state index contributed by atoms with van der Waals surface area (Å²) in [5.74, 6) is 0. The van der Waals surface area contributed by atoms with Gasteiger partial charge < -0.3 is 9.47 Å². The summed E-state index contributed by atoms with van der Waals surface area (Å²) in [4.78, 5) is 2.39. The van der Waals surface area contributed by atoms with E-state index in [4.69, 9.17) is 0 Å². The van der Waals surface area contributed by atoms with E-state index in [1.165, 1.54) is 66.0 Å². The first-order chi connectivity index (χ1) is 32.7. The summed E-state index contributed by atoms with van der Waals surface area (Å²) in [5.41, 5.74) is 18.5. The molecule has 0 bridgehead atoms. The van der Waals surface area contributed by atoms with Gasteiger partial charge >= 0.3 is 0 Å². The van der Waals surface area contributed by atoms with Crippen molar-refractivity contribution < 1.29 is 0 Å². The van der Waals surface area contributed by atoms with Crippen molar-refractivity contribution in [2.75, 3.05) is 4.90 Å². The van der Waals surface area contributed by atoms with Crippen LogP contribution in [0.5, 0.6) is 0 Å². The van der Waals surface area contributed by atoms with Crippen molar-refractivity contribution in [1.29, 1.82) is 0 Å². The van der Waals surface area contributed by atoms with E-state index in [0.717, 1.165) is 45.0 Å². The molecule has 0 N–H and O–H groups in total. The van der Waals surface area contributed by atoms with Crippen LogP contribution in [0.1, 0.15) is 0 Å². The van der Waals surface area contributed by atoms with E-state index in [0.29, 0.717) is 0 Å². The van der Waals surface area contributed by atoms with Gasteiger partial charge in [0.2, 0.25) is 0 Å². The SMILES string of the molecule is c1ccc(-c2ccc(-c3cc(N(c4ccc(-c5ccccc5)cc4)c4ccc(-c5ccc6ccccc6c5)cc4)ccc3-c3ccccc3-n3c4ccccc4c4ccccc43)cc2)cc1. The van der Waals surface area contributed by atoms with Crippen molar-refractivity contribution >= 4 is 49.6 Å². The van der Waals surface area contributed by atoms with E-state index in [1.807, 2.05) is 0 Å². The van der Waals surface area contributed by atoms with E-state index in [2.05, 4.69) is 276 Å². The minimum atomic E-state index is 1.07. The van der Waals surface area contributed by atoms with Crippen LogP contribution in [-0.4, -0.2) is 4.57 Å². The van der Waals surface area contributed by atoms with Crippen LogP contribution in [0.15, 0.2) is 267 Å². The first kappa shape index (κ1) is 38.9. The Bertz CT molecular complexity index is 3610. The number of hydrogen-bond donors (Lipinski definition) is 0. The summed E-state index contributed by atoms with van der Waals surface area (Å²) < 4.78 is 2.44. The number of benzene rings is 11. The molecule has 0 saturated carbocycles. The van der Waals surface area contributed by atoms with Crippen LogP contribution in [0.4, 0.5) is 17.1 Å². The van der Waals surface area contributed by atoms with E-state index >= 15 is 0 Å². The molecule has 0 unspecified atom stereocenters. The first-order valence-corrected chi connectivity index (χ1v) is 22.7. The number of nitrogens with zero attached hydrogens (tertiary/aromatic N) is 2. The molecule has 2 heteroatoms. The minimum Gasteiger partial charge on any atom is -0.310 e. The molecule has 1 aromatic heterocycles. The molecule has 66 heavy (non-hydrogen) atoms. The summed E-state index contributed by atoms with van der Waals surface area (Å²) in [6.45, 7) is 0. The highest BCUT2D eigenvalue weighted by molar-refractivity contribution is 6.10. The van der Waals surface area contributed by atoms with Crippen LogP contribution in [-0.2, 0) is 0 Å². The predicted molar refractivity (Wildman–Crippen MR) is 280 cm³/mol. The molecule has 0 aliphatic rings. The van der Waals surface area contributed by atoms with Crippen molar-refractivity contribution in [3.05, 3.63) is 267 Å². The molecule has 0 aliphatic heterocycles. The third-order valence-electron chi connectivity index (χ3n) is 13.0. The summed E-state index contributed by atoms with van der Waals surface area (Å²) in [6.07, 6.45) is 0. The van der Waals surface area contributed by atoms with E-state index in [1.54, 1.807) is 0 Å². The molecule has 0 amide bonds. The molecule has 0 radical (unpaired) electrons. The van der Waals surface area contributed by atoms with Crippen LogP contribution in [0, 0.1) is 0 Å². The first-order valence-electron chi connectivity index (χ1n) is 22.7. The van der Waals surface area contributed by atoms with Crippen LogP contribution in [0.2, 0.25) is 0 Å². The van der Waals surface area contributed by atoms with E-state index in [9.17, 15) is 0 Å². The lowest BCUT2D eigenvalue weighted by molar-refractivity contribution is 1.18. The molecule has 11 aromatic carbocycles. The largest absolute Gasteiger partial charge is 0.310 e. The number of fused-ring (bicyclic) bond motifs is 4. The van der Waals surface area contributed by atoms with Crippen molar-refractivity contribution in [1.82, 2.24) is 4.57 Å². The van der Waals surface area contributed by atoms with Crippen molar-refractivity contribution in [2.45, 2.75) is 0 Å². The second-order valence-electron chi connectivity index (χ2n) is 16.9. The molecular weight excluding hydrogens is 797 g/mol. The summed E-state index contributed by atoms with van der Waals surface area (Å²) in [6, 6.07) is 97.0. The van der Waals surface area contributed by atoms with Gasteiger partial charge in [0.25, 0.3) is 0 Å². The van der Waals surface area contributed by atoms with E-state index in [-0.39, 0.29) is 0 Å². The molecule has 12 aromatic rings. The number of hydrogen-bond acceptors (Lipinski definition) is 1. The molecular formula is C64H44N2. The Labute approximate surface area is 385 Å². The van der Waals surface area contributed by atoms with E-state index < -0.39 is 0 Å². The third-order valence-corrected chi connectivity index (χ3v) is 13.0.